The predicted molar refractivity (Wildman–Crippen MR) is 81.6 cm³/mol. The fourth-order valence-corrected chi connectivity index (χ4v) is 3.45. The van der Waals surface area contributed by atoms with Gasteiger partial charge in [-0.05, 0) is 30.2 Å². The summed E-state index contributed by atoms with van der Waals surface area (Å²) >= 11 is 1.88. The van der Waals surface area contributed by atoms with Crippen LogP contribution in [0.3, 0.4) is 0 Å². The van der Waals surface area contributed by atoms with Crippen molar-refractivity contribution < 1.29 is 0 Å². The van der Waals surface area contributed by atoms with E-state index in [9.17, 15) is 0 Å². The van der Waals surface area contributed by atoms with E-state index in [4.69, 9.17) is 0 Å². The summed E-state index contributed by atoms with van der Waals surface area (Å²) in [5.74, 6) is 0. The second kappa shape index (κ2) is 5.87. The zero-order valence-corrected chi connectivity index (χ0v) is 12.1. The minimum absolute atomic E-state index is 0.986. The maximum absolute atomic E-state index is 4.41. The van der Waals surface area contributed by atoms with Crippen molar-refractivity contribution in [2.75, 3.05) is 26.2 Å². The summed E-state index contributed by atoms with van der Waals surface area (Å²) in [6.45, 7) is 7.38. The molecule has 1 aromatic heterocycles. The van der Waals surface area contributed by atoms with Crippen LogP contribution in [-0.2, 0) is 6.54 Å². The van der Waals surface area contributed by atoms with Crippen molar-refractivity contribution in [1.82, 2.24) is 10.2 Å². The minimum atomic E-state index is 0.986. The summed E-state index contributed by atoms with van der Waals surface area (Å²) in [5, 5.41) is 4.41. The van der Waals surface area contributed by atoms with Gasteiger partial charge in [0.1, 0.15) is 0 Å². The van der Waals surface area contributed by atoms with E-state index < -0.39 is 0 Å². The fourth-order valence-electron chi connectivity index (χ4n) is 2.52. The normalized spacial score (nSPS) is 16.7. The van der Waals surface area contributed by atoms with Crippen LogP contribution in [0.5, 0.6) is 0 Å². The Kier molecular flexibility index (Phi) is 3.97. The lowest BCUT2D eigenvalue weighted by molar-refractivity contribution is 0.231. The van der Waals surface area contributed by atoms with Crippen molar-refractivity contribution in [3.05, 3.63) is 46.8 Å². The van der Waals surface area contributed by atoms with Gasteiger partial charge in [-0.25, -0.2) is 5.32 Å². The summed E-state index contributed by atoms with van der Waals surface area (Å²) < 4.78 is 0. The van der Waals surface area contributed by atoms with E-state index in [1.54, 1.807) is 0 Å². The number of rotatable bonds is 3. The zero-order valence-electron chi connectivity index (χ0n) is 11.3. The molecule has 0 amide bonds. The van der Waals surface area contributed by atoms with Gasteiger partial charge in [-0.3, -0.25) is 4.90 Å². The van der Waals surface area contributed by atoms with Crippen LogP contribution in [0.25, 0.3) is 10.4 Å². The summed E-state index contributed by atoms with van der Waals surface area (Å²) in [6, 6.07) is 13.2. The predicted octanol–water partition coefficient (Wildman–Crippen LogP) is 3.14. The van der Waals surface area contributed by atoms with Crippen molar-refractivity contribution in [2.24, 2.45) is 0 Å². The molecule has 0 aliphatic carbocycles. The second-order valence-corrected chi connectivity index (χ2v) is 6.30. The SMILES string of the molecule is Cc1ccc(-c2ccccc2CN2CC[N]CC2)s1. The number of aryl methyl sites for hydroxylation is 1. The zero-order chi connectivity index (χ0) is 13.1. The first kappa shape index (κ1) is 12.9. The monoisotopic (exact) mass is 271 g/mol. The Morgan fingerprint density at radius 1 is 1.11 bits per heavy atom. The summed E-state index contributed by atoms with van der Waals surface area (Å²) in [4.78, 5) is 5.27. The van der Waals surface area contributed by atoms with Gasteiger partial charge >= 0.3 is 0 Å². The van der Waals surface area contributed by atoms with Crippen LogP contribution >= 0.6 is 11.3 Å². The quantitative estimate of drug-likeness (QED) is 0.838. The highest BCUT2D eigenvalue weighted by Gasteiger charge is 2.13. The Morgan fingerprint density at radius 3 is 2.63 bits per heavy atom. The molecular formula is C16H19N2S. The molecule has 99 valence electrons. The number of hydrogen-bond donors (Lipinski definition) is 0. The van der Waals surface area contributed by atoms with Crippen LogP contribution in [0.15, 0.2) is 36.4 Å². The van der Waals surface area contributed by atoms with Crippen molar-refractivity contribution in [2.45, 2.75) is 13.5 Å². The summed E-state index contributed by atoms with van der Waals surface area (Å²) in [7, 11) is 0. The average molecular weight is 271 g/mol. The molecule has 0 saturated carbocycles. The number of nitrogens with zero attached hydrogens (tertiary/aromatic N) is 2. The van der Waals surface area contributed by atoms with Gasteiger partial charge in [0.05, 0.1) is 0 Å². The molecule has 1 fully saturated rings. The van der Waals surface area contributed by atoms with Gasteiger partial charge in [-0.15, -0.1) is 11.3 Å². The van der Waals surface area contributed by atoms with Crippen molar-refractivity contribution in [1.29, 1.82) is 0 Å². The van der Waals surface area contributed by atoms with Gasteiger partial charge < -0.3 is 0 Å². The average Bonchev–Trinajstić information content (AvgIpc) is 2.87. The molecule has 1 radical (unpaired) electrons. The van der Waals surface area contributed by atoms with Crippen LogP contribution in [0.1, 0.15) is 10.4 Å². The number of thiophene rings is 1. The van der Waals surface area contributed by atoms with Crippen molar-refractivity contribution in [3.8, 4) is 10.4 Å². The molecular weight excluding hydrogens is 252 g/mol. The van der Waals surface area contributed by atoms with E-state index in [1.165, 1.54) is 20.9 Å². The molecule has 0 spiro atoms. The van der Waals surface area contributed by atoms with E-state index >= 15 is 0 Å². The summed E-state index contributed by atoms with van der Waals surface area (Å²) in [6.07, 6.45) is 0. The molecule has 2 heterocycles. The van der Waals surface area contributed by atoms with E-state index in [0.29, 0.717) is 0 Å². The van der Waals surface area contributed by atoms with Crippen LogP contribution in [0.2, 0.25) is 0 Å². The number of hydrogen-bond acceptors (Lipinski definition) is 2. The molecule has 3 rings (SSSR count). The van der Waals surface area contributed by atoms with E-state index in [0.717, 1.165) is 32.7 Å². The molecule has 3 heteroatoms. The Balaban J connectivity index is 1.84. The van der Waals surface area contributed by atoms with Crippen molar-refractivity contribution >= 4 is 11.3 Å². The largest absolute Gasteiger partial charge is 0.296 e. The van der Waals surface area contributed by atoms with Gasteiger partial charge in [-0.1, -0.05) is 24.3 Å². The Hall–Kier alpha value is -1.16. The Bertz CT molecular complexity index is 541. The number of benzene rings is 1. The third-order valence-corrected chi connectivity index (χ3v) is 4.60. The first-order valence-corrected chi connectivity index (χ1v) is 7.65. The molecule has 1 saturated heterocycles. The van der Waals surface area contributed by atoms with Crippen LogP contribution in [-0.4, -0.2) is 31.1 Å². The lowest BCUT2D eigenvalue weighted by Gasteiger charge is -2.27. The van der Waals surface area contributed by atoms with E-state index in [1.807, 2.05) is 11.3 Å². The Morgan fingerprint density at radius 2 is 1.89 bits per heavy atom. The van der Waals surface area contributed by atoms with Gasteiger partial charge in [0.2, 0.25) is 0 Å². The summed E-state index contributed by atoms with van der Waals surface area (Å²) in [5.41, 5.74) is 2.83. The molecule has 2 nitrogen and oxygen atoms in total. The molecule has 0 atom stereocenters. The third-order valence-electron chi connectivity index (χ3n) is 3.57. The molecule has 1 aliphatic heterocycles. The van der Waals surface area contributed by atoms with E-state index in [-0.39, 0.29) is 0 Å². The van der Waals surface area contributed by atoms with Gasteiger partial charge in [0.15, 0.2) is 0 Å². The van der Waals surface area contributed by atoms with Gasteiger partial charge in [-0.2, -0.15) is 0 Å². The highest BCUT2D eigenvalue weighted by molar-refractivity contribution is 7.15. The highest BCUT2D eigenvalue weighted by atomic mass is 32.1. The molecule has 0 bridgehead atoms. The fraction of sp³-hybridized carbons (Fsp3) is 0.375. The maximum Gasteiger partial charge on any atom is 0.0348 e. The molecule has 0 N–H and O–H groups in total. The minimum Gasteiger partial charge on any atom is -0.296 e. The van der Waals surface area contributed by atoms with Crippen LogP contribution < -0.4 is 5.32 Å². The highest BCUT2D eigenvalue weighted by Crippen LogP contribution is 2.31. The smallest absolute Gasteiger partial charge is 0.0348 e. The van der Waals surface area contributed by atoms with Gasteiger partial charge in [0, 0.05) is 42.5 Å². The molecule has 0 unspecified atom stereocenters. The molecule has 19 heavy (non-hydrogen) atoms. The van der Waals surface area contributed by atoms with E-state index in [2.05, 4.69) is 53.5 Å². The van der Waals surface area contributed by atoms with Gasteiger partial charge in [0.25, 0.3) is 0 Å². The molecule has 1 aliphatic rings. The van der Waals surface area contributed by atoms with Crippen molar-refractivity contribution in [3.63, 3.8) is 0 Å². The number of piperazine rings is 1. The third kappa shape index (κ3) is 3.06. The molecule has 2 aromatic rings. The van der Waals surface area contributed by atoms with Crippen LogP contribution in [0.4, 0.5) is 0 Å². The van der Waals surface area contributed by atoms with Crippen LogP contribution in [0, 0.1) is 6.92 Å². The first-order valence-electron chi connectivity index (χ1n) is 6.83. The lowest BCUT2D eigenvalue weighted by atomic mass is 10.1. The first-order chi connectivity index (χ1) is 9.33. The topological polar surface area (TPSA) is 17.3 Å². The Labute approximate surface area is 119 Å². The lowest BCUT2D eigenvalue weighted by Crippen LogP contribution is -2.39. The maximum atomic E-state index is 4.41. The molecule has 1 aromatic carbocycles. The second-order valence-electron chi connectivity index (χ2n) is 5.01. The standard InChI is InChI=1S/C16H19N2S/c1-13-6-7-16(19-13)15-5-3-2-4-14(15)12-18-10-8-17-9-11-18/h2-7H,8-12H2,1H3.